The number of aromatic nitrogens is 2. The molecule has 0 N–H and O–H groups in total. The van der Waals surface area contributed by atoms with E-state index >= 15 is 0 Å². The Morgan fingerprint density at radius 2 is 2.20 bits per heavy atom. The summed E-state index contributed by atoms with van der Waals surface area (Å²) in [6, 6.07) is 11.4. The molecule has 0 aliphatic heterocycles. The Kier molecular flexibility index (Phi) is 6.16. The summed E-state index contributed by atoms with van der Waals surface area (Å²) in [6.45, 7) is 0.532. The van der Waals surface area contributed by atoms with E-state index in [0.717, 1.165) is 19.2 Å². The molecule has 2 heterocycles. The zero-order chi connectivity index (χ0) is 17.8. The average Bonchev–Trinajstić information content (AvgIpc) is 3.21. The van der Waals surface area contributed by atoms with Gasteiger partial charge in [-0.2, -0.15) is 0 Å². The molecule has 1 aromatic carbocycles. The Hall–Kier alpha value is -1.35. The summed E-state index contributed by atoms with van der Waals surface area (Å²) in [5, 5.41) is 8.38. The van der Waals surface area contributed by atoms with Gasteiger partial charge < -0.3 is 9.32 Å². The smallest absolute Gasteiger partial charge is 0.277 e. The van der Waals surface area contributed by atoms with Gasteiger partial charge in [0.05, 0.1) is 16.6 Å². The van der Waals surface area contributed by atoms with Crippen LogP contribution in [0.15, 0.2) is 50.5 Å². The molecule has 3 aromatic rings. The molecule has 0 bridgehead atoms. The first-order valence-electron chi connectivity index (χ1n) is 7.21. The van der Waals surface area contributed by atoms with Gasteiger partial charge in [-0.1, -0.05) is 45.4 Å². The SMILES string of the molecule is CN(Cc1ccc(Cl)s1)C(=O)CSc1nnc(-c2cccc(Br)c2)o1. The molecule has 9 heteroatoms. The van der Waals surface area contributed by atoms with Crippen molar-refractivity contribution in [3.63, 3.8) is 0 Å². The lowest BCUT2D eigenvalue weighted by Gasteiger charge is -2.15. The highest BCUT2D eigenvalue weighted by Crippen LogP contribution is 2.26. The van der Waals surface area contributed by atoms with E-state index in [1.807, 2.05) is 36.4 Å². The Labute approximate surface area is 166 Å². The summed E-state index contributed by atoms with van der Waals surface area (Å²) in [5.74, 6) is 0.643. The molecule has 0 aliphatic carbocycles. The average molecular weight is 459 g/mol. The fraction of sp³-hybridized carbons (Fsp3) is 0.188. The molecule has 0 spiro atoms. The topological polar surface area (TPSA) is 59.2 Å². The van der Waals surface area contributed by atoms with Gasteiger partial charge in [-0.25, -0.2) is 0 Å². The van der Waals surface area contributed by atoms with E-state index in [0.29, 0.717) is 17.7 Å². The lowest BCUT2D eigenvalue weighted by Crippen LogP contribution is -2.27. The van der Waals surface area contributed by atoms with Crippen LogP contribution in [-0.4, -0.2) is 33.8 Å². The summed E-state index contributed by atoms with van der Waals surface area (Å²) >= 11 is 12.0. The summed E-state index contributed by atoms with van der Waals surface area (Å²) in [6.07, 6.45) is 0. The number of hydrogen-bond donors (Lipinski definition) is 0. The number of benzene rings is 1. The van der Waals surface area contributed by atoms with Gasteiger partial charge in [-0.3, -0.25) is 4.79 Å². The number of halogens is 2. The van der Waals surface area contributed by atoms with Crippen LogP contribution in [-0.2, 0) is 11.3 Å². The van der Waals surface area contributed by atoms with Crippen LogP contribution in [0, 0.1) is 0 Å². The van der Waals surface area contributed by atoms with Crippen LogP contribution < -0.4 is 0 Å². The van der Waals surface area contributed by atoms with Crippen molar-refractivity contribution in [2.75, 3.05) is 12.8 Å². The van der Waals surface area contributed by atoms with Crippen LogP contribution in [0.2, 0.25) is 4.34 Å². The molecule has 0 aliphatic rings. The maximum Gasteiger partial charge on any atom is 0.277 e. The van der Waals surface area contributed by atoms with E-state index in [1.165, 1.54) is 23.1 Å². The number of rotatable bonds is 6. The van der Waals surface area contributed by atoms with Crippen molar-refractivity contribution >= 4 is 56.5 Å². The fourth-order valence-corrected chi connectivity index (χ4v) is 4.24. The van der Waals surface area contributed by atoms with E-state index < -0.39 is 0 Å². The minimum atomic E-state index is -0.0169. The molecule has 25 heavy (non-hydrogen) atoms. The van der Waals surface area contributed by atoms with Crippen LogP contribution in [0.1, 0.15) is 4.88 Å². The second-order valence-corrected chi connectivity index (χ2v) is 8.77. The van der Waals surface area contributed by atoms with Gasteiger partial charge in [-0.05, 0) is 30.3 Å². The van der Waals surface area contributed by atoms with Gasteiger partial charge in [0.25, 0.3) is 5.22 Å². The van der Waals surface area contributed by atoms with Gasteiger partial charge in [0, 0.05) is 22.0 Å². The molecule has 5 nitrogen and oxygen atoms in total. The van der Waals surface area contributed by atoms with Crippen molar-refractivity contribution in [3.05, 3.63) is 50.1 Å². The van der Waals surface area contributed by atoms with Crippen molar-refractivity contribution in [1.29, 1.82) is 0 Å². The third-order valence-corrected chi connectivity index (χ3v) is 5.76. The third kappa shape index (κ3) is 5.07. The largest absolute Gasteiger partial charge is 0.411 e. The van der Waals surface area contributed by atoms with Crippen molar-refractivity contribution in [3.8, 4) is 11.5 Å². The van der Waals surface area contributed by atoms with E-state index in [1.54, 1.807) is 11.9 Å². The molecule has 3 rings (SSSR count). The number of thiophene rings is 1. The number of amides is 1. The quantitative estimate of drug-likeness (QED) is 0.488. The zero-order valence-electron chi connectivity index (χ0n) is 13.1. The minimum Gasteiger partial charge on any atom is -0.411 e. The number of hydrogen-bond acceptors (Lipinski definition) is 6. The number of carbonyl (C=O) groups excluding carboxylic acids is 1. The fourth-order valence-electron chi connectivity index (χ4n) is 2.00. The lowest BCUT2D eigenvalue weighted by atomic mass is 10.2. The first kappa shape index (κ1) is 18.4. The van der Waals surface area contributed by atoms with Gasteiger partial charge in [0.1, 0.15) is 0 Å². The van der Waals surface area contributed by atoms with Crippen LogP contribution in [0.5, 0.6) is 0 Å². The Balaban J connectivity index is 1.55. The van der Waals surface area contributed by atoms with Crippen LogP contribution in [0.25, 0.3) is 11.5 Å². The molecular weight excluding hydrogens is 446 g/mol. The molecule has 0 unspecified atom stereocenters. The van der Waals surface area contributed by atoms with Crippen molar-refractivity contribution in [2.24, 2.45) is 0 Å². The molecule has 2 aromatic heterocycles. The highest BCUT2D eigenvalue weighted by molar-refractivity contribution is 9.10. The highest BCUT2D eigenvalue weighted by atomic mass is 79.9. The van der Waals surface area contributed by atoms with Crippen LogP contribution in [0.3, 0.4) is 0 Å². The van der Waals surface area contributed by atoms with Gasteiger partial charge in [0.2, 0.25) is 11.8 Å². The molecular formula is C16H13BrClN3O2S2. The van der Waals surface area contributed by atoms with E-state index in [2.05, 4.69) is 26.1 Å². The molecule has 1 amide bonds. The van der Waals surface area contributed by atoms with Crippen molar-refractivity contribution < 1.29 is 9.21 Å². The Morgan fingerprint density at radius 1 is 1.36 bits per heavy atom. The predicted octanol–water partition coefficient (Wildman–Crippen LogP) is 4.96. The molecule has 0 saturated carbocycles. The Morgan fingerprint density at radius 3 is 2.92 bits per heavy atom. The minimum absolute atomic E-state index is 0.0169. The predicted molar refractivity (Wildman–Crippen MR) is 104 cm³/mol. The lowest BCUT2D eigenvalue weighted by molar-refractivity contribution is -0.127. The second kappa shape index (κ2) is 8.35. The summed E-state index contributed by atoms with van der Waals surface area (Å²) in [5.41, 5.74) is 0.826. The molecule has 0 radical (unpaired) electrons. The number of thioether (sulfide) groups is 1. The van der Waals surface area contributed by atoms with E-state index in [-0.39, 0.29) is 11.7 Å². The van der Waals surface area contributed by atoms with Gasteiger partial charge >= 0.3 is 0 Å². The maximum atomic E-state index is 12.2. The summed E-state index contributed by atoms with van der Waals surface area (Å²) in [7, 11) is 1.76. The summed E-state index contributed by atoms with van der Waals surface area (Å²) < 4.78 is 7.26. The standard InChI is InChI=1S/C16H13BrClN3O2S2/c1-21(8-12-5-6-13(18)25-12)14(22)9-24-16-20-19-15(23-16)10-3-2-4-11(17)7-10/h2-7H,8-9H2,1H3. The van der Waals surface area contributed by atoms with Gasteiger partial charge in [0.15, 0.2) is 0 Å². The molecule has 0 atom stereocenters. The molecule has 0 saturated heterocycles. The molecule has 130 valence electrons. The first-order chi connectivity index (χ1) is 12.0. The monoisotopic (exact) mass is 457 g/mol. The Bertz CT molecular complexity index is 884. The zero-order valence-corrected chi connectivity index (χ0v) is 17.1. The van der Waals surface area contributed by atoms with Crippen LogP contribution >= 0.6 is 50.6 Å². The third-order valence-electron chi connectivity index (χ3n) is 3.24. The summed E-state index contributed by atoms with van der Waals surface area (Å²) in [4.78, 5) is 14.9. The molecule has 0 fully saturated rings. The van der Waals surface area contributed by atoms with Crippen LogP contribution in [0.4, 0.5) is 0 Å². The van der Waals surface area contributed by atoms with Crippen molar-refractivity contribution in [2.45, 2.75) is 11.8 Å². The number of nitrogens with zero attached hydrogens (tertiary/aromatic N) is 3. The van der Waals surface area contributed by atoms with Crippen molar-refractivity contribution in [1.82, 2.24) is 15.1 Å². The maximum absolute atomic E-state index is 12.2. The highest BCUT2D eigenvalue weighted by Gasteiger charge is 2.14. The van der Waals surface area contributed by atoms with E-state index in [9.17, 15) is 4.79 Å². The first-order valence-corrected chi connectivity index (χ1v) is 10.2. The van der Waals surface area contributed by atoms with E-state index in [4.69, 9.17) is 16.0 Å². The second-order valence-electron chi connectivity index (χ2n) is 5.13. The normalized spacial score (nSPS) is 10.8. The van der Waals surface area contributed by atoms with Gasteiger partial charge in [-0.15, -0.1) is 21.5 Å². The number of carbonyl (C=O) groups is 1.